The molecule has 2 amide bonds. The van der Waals surface area contributed by atoms with E-state index in [9.17, 15) is 27.2 Å². The van der Waals surface area contributed by atoms with Crippen LogP contribution >= 0.6 is 0 Å². The zero-order chi connectivity index (χ0) is 21.0. The Morgan fingerprint density at radius 2 is 1.72 bits per heavy atom. The number of rotatable bonds is 4. The first-order valence-corrected chi connectivity index (χ1v) is 9.08. The molecule has 0 saturated carbocycles. The molecule has 2 N–H and O–H groups in total. The molecular formula is C20H20F4N3O2+. The number of nitrogens with one attached hydrogen (secondary N) is 2. The molecule has 5 nitrogen and oxygen atoms in total. The predicted octanol–water partition coefficient (Wildman–Crippen LogP) is 1.82. The van der Waals surface area contributed by atoms with Crippen molar-refractivity contribution in [2.45, 2.75) is 6.18 Å². The molecule has 0 radical (unpaired) electrons. The van der Waals surface area contributed by atoms with Crippen LogP contribution in [0.1, 0.15) is 15.9 Å². The Hall–Kier alpha value is -2.94. The van der Waals surface area contributed by atoms with Gasteiger partial charge in [-0.05, 0) is 30.3 Å². The fourth-order valence-corrected chi connectivity index (χ4v) is 3.27. The molecule has 2 aromatic carbocycles. The highest BCUT2D eigenvalue weighted by Gasteiger charge is 2.34. The molecule has 3 rings (SSSR count). The van der Waals surface area contributed by atoms with Gasteiger partial charge in [0.1, 0.15) is 5.82 Å². The number of hydrogen-bond donors (Lipinski definition) is 2. The molecule has 1 aliphatic heterocycles. The summed E-state index contributed by atoms with van der Waals surface area (Å²) in [5.41, 5.74) is -0.909. The van der Waals surface area contributed by atoms with Crippen LogP contribution in [0.15, 0.2) is 48.5 Å². The number of quaternary nitrogens is 1. The van der Waals surface area contributed by atoms with Crippen molar-refractivity contribution in [3.8, 4) is 0 Å². The number of anilines is 1. The van der Waals surface area contributed by atoms with Crippen molar-refractivity contribution >= 4 is 17.5 Å². The fraction of sp³-hybridized carbons (Fsp3) is 0.300. The highest BCUT2D eigenvalue weighted by Crippen LogP contribution is 2.34. The lowest BCUT2D eigenvalue weighted by molar-refractivity contribution is -0.895. The van der Waals surface area contributed by atoms with Crippen LogP contribution in [-0.4, -0.2) is 49.4 Å². The molecular weight excluding hydrogens is 390 g/mol. The van der Waals surface area contributed by atoms with Crippen LogP contribution < -0.4 is 10.2 Å². The summed E-state index contributed by atoms with van der Waals surface area (Å²) in [6.45, 7) is 1.67. The van der Waals surface area contributed by atoms with Gasteiger partial charge < -0.3 is 15.1 Å². The second-order valence-corrected chi connectivity index (χ2v) is 6.82. The fourth-order valence-electron chi connectivity index (χ4n) is 3.27. The van der Waals surface area contributed by atoms with E-state index in [1.807, 2.05) is 0 Å². The predicted molar refractivity (Wildman–Crippen MR) is 97.9 cm³/mol. The Bertz CT molecular complexity index is 893. The maximum Gasteiger partial charge on any atom is 0.418 e. The Labute approximate surface area is 164 Å². The van der Waals surface area contributed by atoms with E-state index in [1.165, 1.54) is 42.5 Å². The molecule has 0 atom stereocenters. The van der Waals surface area contributed by atoms with E-state index in [0.29, 0.717) is 26.2 Å². The first-order valence-electron chi connectivity index (χ1n) is 9.08. The minimum atomic E-state index is -4.56. The number of amides is 2. The van der Waals surface area contributed by atoms with E-state index >= 15 is 0 Å². The average Bonchev–Trinajstić information content (AvgIpc) is 2.67. The summed E-state index contributed by atoms with van der Waals surface area (Å²) < 4.78 is 52.4. The number of hydrogen-bond acceptors (Lipinski definition) is 2. The zero-order valence-electron chi connectivity index (χ0n) is 15.4. The third-order valence-corrected chi connectivity index (χ3v) is 4.75. The first kappa shape index (κ1) is 20.8. The molecule has 0 aliphatic carbocycles. The zero-order valence-corrected chi connectivity index (χ0v) is 15.4. The van der Waals surface area contributed by atoms with Gasteiger partial charge in [-0.25, -0.2) is 4.39 Å². The van der Waals surface area contributed by atoms with Crippen LogP contribution in [0.3, 0.4) is 0 Å². The van der Waals surface area contributed by atoms with Crippen LogP contribution in [0, 0.1) is 5.82 Å². The minimum Gasteiger partial charge on any atom is -0.327 e. The number of carbonyl (C=O) groups excluding carboxylic acids is 2. The van der Waals surface area contributed by atoms with Gasteiger partial charge in [0.2, 0.25) is 0 Å². The molecule has 154 valence electrons. The van der Waals surface area contributed by atoms with Crippen LogP contribution in [0.4, 0.5) is 23.2 Å². The van der Waals surface area contributed by atoms with Gasteiger partial charge in [-0.1, -0.05) is 18.2 Å². The van der Waals surface area contributed by atoms with E-state index in [-0.39, 0.29) is 23.7 Å². The summed E-state index contributed by atoms with van der Waals surface area (Å²) in [6, 6.07) is 10.3. The van der Waals surface area contributed by atoms with Crippen molar-refractivity contribution in [1.82, 2.24) is 4.90 Å². The SMILES string of the molecule is O=C(C[NH+]1CCN(C(=O)c2cccc(F)c2)CC1)Nc1ccccc1C(F)(F)F. The Balaban J connectivity index is 1.54. The summed E-state index contributed by atoms with van der Waals surface area (Å²) in [7, 11) is 0. The van der Waals surface area contributed by atoms with E-state index in [1.54, 1.807) is 4.90 Å². The minimum absolute atomic E-state index is 0.00577. The van der Waals surface area contributed by atoms with Crippen molar-refractivity contribution < 1.29 is 32.1 Å². The molecule has 0 unspecified atom stereocenters. The lowest BCUT2D eigenvalue weighted by Gasteiger charge is -2.32. The van der Waals surface area contributed by atoms with E-state index in [4.69, 9.17) is 0 Å². The van der Waals surface area contributed by atoms with E-state index in [2.05, 4.69) is 5.32 Å². The second-order valence-electron chi connectivity index (χ2n) is 6.82. The molecule has 0 bridgehead atoms. The Kier molecular flexibility index (Phi) is 6.17. The van der Waals surface area contributed by atoms with Gasteiger partial charge in [0, 0.05) is 5.56 Å². The third-order valence-electron chi connectivity index (χ3n) is 4.75. The lowest BCUT2D eigenvalue weighted by Crippen LogP contribution is -3.15. The molecule has 9 heteroatoms. The van der Waals surface area contributed by atoms with Crippen molar-refractivity contribution in [3.63, 3.8) is 0 Å². The number of nitrogens with zero attached hydrogens (tertiary/aromatic N) is 1. The lowest BCUT2D eigenvalue weighted by atomic mass is 10.1. The normalized spacial score (nSPS) is 15.2. The molecule has 0 aromatic heterocycles. The van der Waals surface area contributed by atoms with Gasteiger partial charge in [0.25, 0.3) is 11.8 Å². The summed E-state index contributed by atoms with van der Waals surface area (Å²) >= 11 is 0. The number of carbonyl (C=O) groups is 2. The van der Waals surface area contributed by atoms with Gasteiger partial charge in [0.05, 0.1) is 37.4 Å². The first-order chi connectivity index (χ1) is 13.7. The quantitative estimate of drug-likeness (QED) is 0.756. The van der Waals surface area contributed by atoms with Gasteiger partial charge in [-0.2, -0.15) is 13.2 Å². The number of para-hydroxylation sites is 1. The van der Waals surface area contributed by atoms with Crippen molar-refractivity contribution in [3.05, 3.63) is 65.5 Å². The summed E-state index contributed by atoms with van der Waals surface area (Å²) in [5.74, 6) is -1.30. The maximum absolute atomic E-state index is 13.3. The Morgan fingerprint density at radius 3 is 2.38 bits per heavy atom. The van der Waals surface area contributed by atoms with Crippen LogP contribution in [0.5, 0.6) is 0 Å². The number of halogens is 4. The molecule has 29 heavy (non-hydrogen) atoms. The smallest absolute Gasteiger partial charge is 0.327 e. The third kappa shape index (κ3) is 5.32. The Morgan fingerprint density at radius 1 is 1.03 bits per heavy atom. The summed E-state index contributed by atoms with van der Waals surface area (Å²) in [6.07, 6.45) is -4.56. The molecule has 1 saturated heterocycles. The maximum atomic E-state index is 13.3. The molecule has 0 spiro atoms. The van der Waals surface area contributed by atoms with Crippen LogP contribution in [-0.2, 0) is 11.0 Å². The monoisotopic (exact) mass is 410 g/mol. The van der Waals surface area contributed by atoms with Crippen molar-refractivity contribution in [2.24, 2.45) is 0 Å². The van der Waals surface area contributed by atoms with Gasteiger partial charge in [-0.3, -0.25) is 9.59 Å². The molecule has 1 aliphatic rings. The van der Waals surface area contributed by atoms with E-state index < -0.39 is 23.5 Å². The van der Waals surface area contributed by atoms with Crippen molar-refractivity contribution in [2.75, 3.05) is 38.0 Å². The van der Waals surface area contributed by atoms with Crippen LogP contribution in [0.25, 0.3) is 0 Å². The second kappa shape index (κ2) is 8.60. The number of alkyl halides is 3. The highest BCUT2D eigenvalue weighted by molar-refractivity contribution is 5.94. The van der Waals surface area contributed by atoms with Gasteiger partial charge in [0.15, 0.2) is 6.54 Å². The average molecular weight is 410 g/mol. The van der Waals surface area contributed by atoms with Gasteiger partial charge >= 0.3 is 6.18 Å². The number of piperazine rings is 1. The number of benzene rings is 2. The summed E-state index contributed by atoms with van der Waals surface area (Å²) in [4.78, 5) is 27.1. The molecule has 1 fully saturated rings. The molecule has 2 aromatic rings. The molecule has 1 heterocycles. The van der Waals surface area contributed by atoms with Crippen LogP contribution in [0.2, 0.25) is 0 Å². The highest BCUT2D eigenvalue weighted by atomic mass is 19.4. The summed E-state index contributed by atoms with van der Waals surface area (Å²) in [5, 5.41) is 2.33. The van der Waals surface area contributed by atoms with E-state index in [0.717, 1.165) is 11.0 Å². The largest absolute Gasteiger partial charge is 0.418 e. The topological polar surface area (TPSA) is 53.9 Å². The van der Waals surface area contributed by atoms with Gasteiger partial charge in [-0.15, -0.1) is 0 Å². The van der Waals surface area contributed by atoms with Crippen molar-refractivity contribution in [1.29, 1.82) is 0 Å². The standard InChI is InChI=1S/C20H19F4N3O2/c21-15-5-3-4-14(12-15)19(29)27-10-8-26(9-11-27)13-18(28)25-17-7-2-1-6-16(17)20(22,23)24/h1-7,12H,8-11,13H2,(H,25,28)/p+1.